The number of hydrogen-bond acceptors (Lipinski definition) is 5. The molecule has 26 heavy (non-hydrogen) atoms. The number of nitrogens with zero attached hydrogens (tertiary/aromatic N) is 1. The van der Waals surface area contributed by atoms with Crippen LogP contribution in [0.15, 0.2) is 28.7 Å². The van der Waals surface area contributed by atoms with Crippen LogP contribution in [-0.2, 0) is 6.54 Å². The average Bonchev–Trinajstić information content (AvgIpc) is 2.94. The molecule has 1 heterocycles. The van der Waals surface area contributed by atoms with E-state index in [0.29, 0.717) is 28.6 Å². The van der Waals surface area contributed by atoms with Crippen molar-refractivity contribution in [2.45, 2.75) is 33.4 Å². The van der Waals surface area contributed by atoms with Gasteiger partial charge >= 0.3 is 5.97 Å². The van der Waals surface area contributed by atoms with Gasteiger partial charge in [-0.2, -0.15) is 0 Å². The summed E-state index contributed by atoms with van der Waals surface area (Å²) in [6.07, 6.45) is -0.0150. The maximum atomic E-state index is 12.6. The molecule has 1 amide bonds. The second kappa shape index (κ2) is 7.95. The van der Waals surface area contributed by atoms with E-state index in [4.69, 9.17) is 19.0 Å². The zero-order valence-corrected chi connectivity index (χ0v) is 15.5. The number of furan rings is 1. The number of aryl methyl sites for hydroxylation is 1. The first kappa shape index (κ1) is 19.4. The number of carboxylic acids is 1. The molecule has 0 aliphatic heterocycles. The second-order valence-electron chi connectivity index (χ2n) is 6.18. The molecule has 7 nitrogen and oxygen atoms in total. The molecule has 0 bridgehead atoms. The molecule has 0 spiro atoms. The Labute approximate surface area is 152 Å². The predicted molar refractivity (Wildman–Crippen MR) is 95.0 cm³/mol. The van der Waals surface area contributed by atoms with Crippen LogP contribution >= 0.6 is 0 Å². The summed E-state index contributed by atoms with van der Waals surface area (Å²) in [4.78, 5) is 25.2. The topological polar surface area (TPSA) is 89.2 Å². The molecule has 0 atom stereocenters. The Morgan fingerprint density at radius 1 is 1.23 bits per heavy atom. The van der Waals surface area contributed by atoms with Crippen molar-refractivity contribution < 1.29 is 28.6 Å². The molecule has 1 aromatic heterocycles. The van der Waals surface area contributed by atoms with Crippen LogP contribution in [0.2, 0.25) is 0 Å². The van der Waals surface area contributed by atoms with E-state index in [1.807, 2.05) is 13.8 Å². The first-order chi connectivity index (χ1) is 12.2. The number of aromatic carboxylic acids is 1. The van der Waals surface area contributed by atoms with Crippen LogP contribution in [0.3, 0.4) is 0 Å². The fourth-order valence-electron chi connectivity index (χ4n) is 2.51. The van der Waals surface area contributed by atoms with Crippen molar-refractivity contribution in [2.24, 2.45) is 0 Å². The fourth-order valence-corrected chi connectivity index (χ4v) is 2.51. The molecule has 0 unspecified atom stereocenters. The van der Waals surface area contributed by atoms with Crippen molar-refractivity contribution in [3.63, 3.8) is 0 Å². The van der Waals surface area contributed by atoms with Crippen LogP contribution in [0.5, 0.6) is 11.5 Å². The first-order valence-corrected chi connectivity index (χ1v) is 8.15. The quantitative estimate of drug-likeness (QED) is 0.813. The minimum absolute atomic E-state index is 0.0150. The molecular formula is C19H23NO6. The third kappa shape index (κ3) is 4.36. The number of carboxylic acid groups (broad SMARTS) is 1. The molecule has 140 valence electrons. The Morgan fingerprint density at radius 3 is 2.46 bits per heavy atom. The van der Waals surface area contributed by atoms with Gasteiger partial charge in [-0.05, 0) is 45.0 Å². The summed E-state index contributed by atoms with van der Waals surface area (Å²) < 4.78 is 16.4. The zero-order valence-electron chi connectivity index (χ0n) is 15.5. The van der Waals surface area contributed by atoms with Crippen molar-refractivity contribution in [3.05, 3.63) is 46.9 Å². The number of carbonyl (C=O) groups excluding carboxylic acids is 1. The summed E-state index contributed by atoms with van der Waals surface area (Å²) in [5.74, 6) is 0.449. The SMILES string of the molecule is COc1cc(C(=O)N(C)Cc2cc(C(=O)O)c(C)o2)ccc1OC(C)C. The lowest BCUT2D eigenvalue weighted by molar-refractivity contribution is 0.0694. The number of rotatable bonds is 7. The van der Waals surface area contributed by atoms with Crippen molar-refractivity contribution in [2.75, 3.05) is 14.2 Å². The van der Waals surface area contributed by atoms with Crippen molar-refractivity contribution in [3.8, 4) is 11.5 Å². The number of benzene rings is 1. The number of hydrogen-bond donors (Lipinski definition) is 1. The standard InChI is InChI=1S/C19H23NO6/c1-11(2)25-16-7-6-13(8-17(16)24-5)18(21)20(4)10-14-9-15(19(22)23)12(3)26-14/h6-9,11H,10H2,1-5H3,(H,22,23). The van der Waals surface area contributed by atoms with Crippen molar-refractivity contribution in [1.82, 2.24) is 4.90 Å². The van der Waals surface area contributed by atoms with Gasteiger partial charge in [0.15, 0.2) is 11.5 Å². The third-order valence-electron chi connectivity index (χ3n) is 3.71. The highest BCUT2D eigenvalue weighted by atomic mass is 16.5. The highest BCUT2D eigenvalue weighted by Crippen LogP contribution is 2.29. The van der Waals surface area contributed by atoms with Crippen molar-refractivity contribution in [1.29, 1.82) is 0 Å². The molecule has 0 saturated carbocycles. The number of carbonyl (C=O) groups is 2. The summed E-state index contributed by atoms with van der Waals surface area (Å²) in [5.41, 5.74) is 0.528. The molecule has 0 fully saturated rings. The molecule has 2 aromatic rings. The third-order valence-corrected chi connectivity index (χ3v) is 3.71. The fraction of sp³-hybridized carbons (Fsp3) is 0.368. The van der Waals surface area contributed by atoms with Gasteiger partial charge in [-0.25, -0.2) is 4.79 Å². The first-order valence-electron chi connectivity index (χ1n) is 8.15. The Morgan fingerprint density at radius 2 is 1.92 bits per heavy atom. The van der Waals surface area contributed by atoms with Gasteiger partial charge in [-0.1, -0.05) is 0 Å². The predicted octanol–water partition coefficient (Wildman–Crippen LogP) is 3.35. The maximum Gasteiger partial charge on any atom is 0.339 e. The minimum atomic E-state index is -1.06. The maximum absolute atomic E-state index is 12.6. The lowest BCUT2D eigenvalue weighted by Gasteiger charge is -2.18. The van der Waals surface area contributed by atoms with Gasteiger partial charge in [0.2, 0.25) is 0 Å². The van der Waals surface area contributed by atoms with E-state index in [2.05, 4.69) is 0 Å². The molecule has 2 rings (SSSR count). The van der Waals surface area contributed by atoms with E-state index < -0.39 is 5.97 Å². The lowest BCUT2D eigenvalue weighted by Crippen LogP contribution is -2.26. The molecule has 7 heteroatoms. The highest BCUT2D eigenvalue weighted by Gasteiger charge is 2.19. The number of amides is 1. The molecular weight excluding hydrogens is 338 g/mol. The van der Waals surface area contributed by atoms with E-state index in [0.717, 1.165) is 0 Å². The van der Waals surface area contributed by atoms with Gasteiger partial charge in [0, 0.05) is 12.6 Å². The number of ether oxygens (including phenoxy) is 2. The van der Waals surface area contributed by atoms with Crippen LogP contribution in [0.25, 0.3) is 0 Å². The number of methoxy groups -OCH3 is 1. The lowest BCUT2D eigenvalue weighted by atomic mass is 10.1. The summed E-state index contributed by atoms with van der Waals surface area (Å²) in [7, 11) is 3.13. The summed E-state index contributed by atoms with van der Waals surface area (Å²) >= 11 is 0. The Hall–Kier alpha value is -2.96. The molecule has 0 saturated heterocycles. The van der Waals surface area contributed by atoms with Gasteiger partial charge in [0.1, 0.15) is 17.1 Å². The average molecular weight is 361 g/mol. The summed E-state index contributed by atoms with van der Waals surface area (Å²) in [6.45, 7) is 5.54. The van der Waals surface area contributed by atoms with Gasteiger partial charge in [-0.15, -0.1) is 0 Å². The van der Waals surface area contributed by atoms with Gasteiger partial charge in [0.05, 0.1) is 19.8 Å². The molecule has 1 N–H and O–H groups in total. The molecule has 0 aliphatic carbocycles. The van der Waals surface area contributed by atoms with Crippen molar-refractivity contribution >= 4 is 11.9 Å². The Bertz CT molecular complexity index is 808. The van der Waals surface area contributed by atoms with Gasteiger partial charge in [-0.3, -0.25) is 4.79 Å². The normalized spacial score (nSPS) is 10.7. The molecule has 0 radical (unpaired) electrons. The van der Waals surface area contributed by atoms with Crippen LogP contribution in [0, 0.1) is 6.92 Å². The monoisotopic (exact) mass is 361 g/mol. The Kier molecular flexibility index (Phi) is 5.92. The van der Waals surface area contributed by atoms with E-state index in [-0.39, 0.29) is 24.1 Å². The second-order valence-corrected chi connectivity index (χ2v) is 6.18. The van der Waals surface area contributed by atoms with E-state index >= 15 is 0 Å². The summed E-state index contributed by atoms with van der Waals surface area (Å²) in [5, 5.41) is 9.08. The van der Waals surface area contributed by atoms with Gasteiger partial charge in [0.25, 0.3) is 5.91 Å². The largest absolute Gasteiger partial charge is 0.493 e. The highest BCUT2D eigenvalue weighted by molar-refractivity contribution is 5.94. The summed E-state index contributed by atoms with van der Waals surface area (Å²) in [6, 6.07) is 6.41. The van der Waals surface area contributed by atoms with E-state index in [1.165, 1.54) is 18.1 Å². The van der Waals surface area contributed by atoms with Crippen LogP contribution < -0.4 is 9.47 Å². The van der Waals surface area contributed by atoms with Gasteiger partial charge < -0.3 is 23.9 Å². The smallest absolute Gasteiger partial charge is 0.339 e. The molecule has 0 aliphatic rings. The van der Waals surface area contributed by atoms with E-state index in [1.54, 1.807) is 32.2 Å². The Balaban J connectivity index is 2.17. The zero-order chi connectivity index (χ0) is 19.4. The van der Waals surface area contributed by atoms with Crippen LogP contribution in [0.1, 0.15) is 46.1 Å². The van der Waals surface area contributed by atoms with Crippen LogP contribution in [-0.4, -0.2) is 42.1 Å². The van der Waals surface area contributed by atoms with Crippen LogP contribution in [0.4, 0.5) is 0 Å². The van der Waals surface area contributed by atoms with E-state index in [9.17, 15) is 9.59 Å². The molecule has 1 aromatic carbocycles. The minimum Gasteiger partial charge on any atom is -0.493 e.